The van der Waals surface area contributed by atoms with Gasteiger partial charge in [-0.3, -0.25) is 4.79 Å². The van der Waals surface area contributed by atoms with E-state index in [0.29, 0.717) is 21.4 Å². The number of hydrogen-bond donors (Lipinski definition) is 0. The third kappa shape index (κ3) is 5.13. The van der Waals surface area contributed by atoms with E-state index in [1.54, 1.807) is 42.1 Å². The van der Waals surface area contributed by atoms with Crippen molar-refractivity contribution in [3.8, 4) is 5.75 Å². The summed E-state index contributed by atoms with van der Waals surface area (Å²) in [5, 5.41) is 5.09. The van der Waals surface area contributed by atoms with Crippen molar-refractivity contribution in [3.05, 3.63) is 68.8 Å². The maximum atomic E-state index is 12.4. The molecule has 0 aliphatic rings. The first-order valence-corrected chi connectivity index (χ1v) is 10.2. The normalized spacial score (nSPS) is 10.8. The first-order valence-electron chi connectivity index (χ1n) is 7.78. The van der Waals surface area contributed by atoms with Crippen LogP contribution >= 0.6 is 47.2 Å². The van der Waals surface area contributed by atoms with Crippen molar-refractivity contribution in [3.63, 3.8) is 0 Å². The standard InChI is InChI=1S/C18H14Cl2N2O3S2/c1-27-13-5-2-11(3-6-13)15(23)9-22-18(26)25-17(21-22)10-24-16-7-4-12(19)8-14(16)20/h2-8H,9-10H2,1H3. The summed E-state index contributed by atoms with van der Waals surface area (Å²) in [7, 11) is 0. The molecular weight excluding hydrogens is 427 g/mol. The molecule has 0 radical (unpaired) electrons. The lowest BCUT2D eigenvalue weighted by atomic mass is 10.1. The Hall–Kier alpha value is -1.80. The number of thioether (sulfide) groups is 1. The summed E-state index contributed by atoms with van der Waals surface area (Å²) in [5.41, 5.74) is 0.587. The number of ketones is 1. The van der Waals surface area contributed by atoms with Crippen LogP contribution in [0.5, 0.6) is 5.75 Å². The van der Waals surface area contributed by atoms with E-state index in [1.807, 2.05) is 18.4 Å². The van der Waals surface area contributed by atoms with Gasteiger partial charge in [0.15, 0.2) is 12.4 Å². The Morgan fingerprint density at radius 3 is 2.67 bits per heavy atom. The molecule has 27 heavy (non-hydrogen) atoms. The molecule has 3 rings (SSSR count). The zero-order chi connectivity index (χ0) is 19.4. The van der Waals surface area contributed by atoms with Crippen molar-refractivity contribution in [2.24, 2.45) is 0 Å². The van der Waals surface area contributed by atoms with Crippen LogP contribution in [0.1, 0.15) is 16.2 Å². The second-order valence-corrected chi connectivity index (χ2v) is 7.51. The molecule has 0 unspecified atom stereocenters. The highest BCUT2D eigenvalue weighted by atomic mass is 35.5. The first kappa shape index (κ1) is 19.9. The second-order valence-electron chi connectivity index (χ2n) is 5.43. The van der Waals surface area contributed by atoms with Gasteiger partial charge in [0.05, 0.1) is 5.02 Å². The summed E-state index contributed by atoms with van der Waals surface area (Å²) >= 11 is 18.7. The maximum absolute atomic E-state index is 12.4. The van der Waals surface area contributed by atoms with Crippen LogP contribution in [0.3, 0.4) is 0 Å². The van der Waals surface area contributed by atoms with Crippen molar-refractivity contribution in [2.75, 3.05) is 6.26 Å². The number of carbonyl (C=O) groups is 1. The van der Waals surface area contributed by atoms with Crippen LogP contribution in [0.25, 0.3) is 0 Å². The van der Waals surface area contributed by atoms with E-state index in [1.165, 1.54) is 4.68 Å². The van der Waals surface area contributed by atoms with Gasteiger partial charge in [0.1, 0.15) is 12.3 Å². The third-order valence-corrected chi connectivity index (χ3v) is 5.17. The van der Waals surface area contributed by atoms with E-state index in [2.05, 4.69) is 5.10 Å². The summed E-state index contributed by atoms with van der Waals surface area (Å²) in [4.78, 5) is 13.6. The molecule has 0 aliphatic heterocycles. The van der Waals surface area contributed by atoms with Crippen LogP contribution in [0.15, 0.2) is 51.8 Å². The summed E-state index contributed by atoms with van der Waals surface area (Å²) in [6, 6.07) is 12.3. The van der Waals surface area contributed by atoms with Gasteiger partial charge < -0.3 is 9.15 Å². The number of carbonyl (C=O) groups excluding carboxylic acids is 1. The minimum Gasteiger partial charge on any atom is -0.482 e. The fourth-order valence-corrected chi connectivity index (χ4v) is 3.32. The maximum Gasteiger partial charge on any atom is 0.287 e. The molecule has 0 saturated carbocycles. The molecule has 0 aliphatic carbocycles. The lowest BCUT2D eigenvalue weighted by Gasteiger charge is -2.05. The number of nitrogens with zero attached hydrogens (tertiary/aromatic N) is 2. The van der Waals surface area contributed by atoms with E-state index in [-0.39, 0.29) is 29.7 Å². The number of rotatable bonds is 7. The van der Waals surface area contributed by atoms with Gasteiger partial charge in [-0.25, -0.2) is 4.68 Å². The number of ether oxygens (including phenoxy) is 1. The molecular formula is C18H14Cl2N2O3S2. The highest BCUT2D eigenvalue weighted by Crippen LogP contribution is 2.28. The molecule has 1 heterocycles. The summed E-state index contributed by atoms with van der Waals surface area (Å²) < 4.78 is 12.3. The predicted molar refractivity (Wildman–Crippen MR) is 109 cm³/mol. The van der Waals surface area contributed by atoms with E-state index < -0.39 is 0 Å². The van der Waals surface area contributed by atoms with Crippen molar-refractivity contribution in [1.29, 1.82) is 0 Å². The third-order valence-electron chi connectivity index (χ3n) is 3.60. The number of aromatic nitrogens is 2. The molecule has 0 N–H and O–H groups in total. The van der Waals surface area contributed by atoms with Crippen LogP contribution in [0.4, 0.5) is 0 Å². The Bertz CT molecular complexity index is 1020. The van der Waals surface area contributed by atoms with Gasteiger partial charge in [0.2, 0.25) is 0 Å². The zero-order valence-electron chi connectivity index (χ0n) is 14.1. The van der Waals surface area contributed by atoms with Crippen LogP contribution in [-0.2, 0) is 13.2 Å². The van der Waals surface area contributed by atoms with Crippen molar-refractivity contribution in [2.45, 2.75) is 18.0 Å². The molecule has 9 heteroatoms. The number of hydrogen-bond acceptors (Lipinski definition) is 6. The molecule has 5 nitrogen and oxygen atoms in total. The van der Waals surface area contributed by atoms with Crippen molar-refractivity contribution < 1.29 is 13.9 Å². The average Bonchev–Trinajstić information content (AvgIpc) is 3.00. The Labute approximate surface area is 175 Å². The Balaban J connectivity index is 1.66. The SMILES string of the molecule is CSc1ccc(C(=O)Cn2nc(COc3ccc(Cl)cc3Cl)oc2=S)cc1. The Morgan fingerprint density at radius 2 is 2.00 bits per heavy atom. The summed E-state index contributed by atoms with van der Waals surface area (Å²) in [6.07, 6.45) is 1.98. The number of halogens is 2. The Kier molecular flexibility index (Phi) is 6.59. The Morgan fingerprint density at radius 1 is 1.26 bits per heavy atom. The smallest absolute Gasteiger partial charge is 0.287 e. The predicted octanol–water partition coefficient (Wildman–Crippen LogP) is 5.70. The van der Waals surface area contributed by atoms with Gasteiger partial charge in [0.25, 0.3) is 10.7 Å². The van der Waals surface area contributed by atoms with E-state index in [0.717, 1.165) is 4.90 Å². The van der Waals surface area contributed by atoms with Crippen LogP contribution < -0.4 is 4.74 Å². The highest BCUT2D eigenvalue weighted by molar-refractivity contribution is 7.98. The molecule has 0 spiro atoms. The average molecular weight is 441 g/mol. The molecule has 0 fully saturated rings. The van der Waals surface area contributed by atoms with Crippen LogP contribution in [-0.4, -0.2) is 21.8 Å². The van der Waals surface area contributed by atoms with Gasteiger partial charge >= 0.3 is 0 Å². The van der Waals surface area contributed by atoms with Crippen LogP contribution in [0, 0.1) is 4.84 Å². The monoisotopic (exact) mass is 440 g/mol. The van der Waals surface area contributed by atoms with Gasteiger partial charge in [-0.1, -0.05) is 35.3 Å². The molecule has 1 aromatic heterocycles. The fourth-order valence-electron chi connectivity index (χ4n) is 2.24. The van der Waals surface area contributed by atoms with Gasteiger partial charge in [-0.2, -0.15) is 0 Å². The number of Topliss-reactive ketones (excluding diaryl/α,β-unsaturated/α-hetero) is 1. The van der Waals surface area contributed by atoms with Crippen LogP contribution in [0.2, 0.25) is 10.0 Å². The van der Waals surface area contributed by atoms with Gasteiger partial charge in [0, 0.05) is 15.5 Å². The topological polar surface area (TPSA) is 57.3 Å². The number of benzene rings is 2. The summed E-state index contributed by atoms with van der Waals surface area (Å²) in [5.74, 6) is 0.582. The second kappa shape index (κ2) is 8.93. The molecule has 2 aromatic carbocycles. The van der Waals surface area contributed by atoms with E-state index >= 15 is 0 Å². The van der Waals surface area contributed by atoms with E-state index in [4.69, 9.17) is 44.6 Å². The van der Waals surface area contributed by atoms with Crippen molar-refractivity contribution in [1.82, 2.24) is 9.78 Å². The van der Waals surface area contributed by atoms with Gasteiger partial charge in [-0.05, 0) is 48.8 Å². The lowest BCUT2D eigenvalue weighted by molar-refractivity contribution is 0.0966. The quantitative estimate of drug-likeness (QED) is 0.267. The minimum atomic E-state index is -0.111. The largest absolute Gasteiger partial charge is 0.482 e. The molecule has 0 amide bonds. The molecule has 0 saturated heterocycles. The molecule has 0 atom stereocenters. The molecule has 3 aromatic rings. The summed E-state index contributed by atoms with van der Waals surface area (Å²) in [6.45, 7) is 0.0112. The molecule has 0 bridgehead atoms. The van der Waals surface area contributed by atoms with Crippen molar-refractivity contribution >= 4 is 53.0 Å². The zero-order valence-corrected chi connectivity index (χ0v) is 17.3. The first-order chi connectivity index (χ1) is 13.0. The minimum absolute atomic E-state index is 0.0113. The molecule has 140 valence electrons. The highest BCUT2D eigenvalue weighted by Gasteiger charge is 2.13. The van der Waals surface area contributed by atoms with Gasteiger partial charge in [-0.15, -0.1) is 16.9 Å². The fraction of sp³-hybridized carbons (Fsp3) is 0.167. The lowest BCUT2D eigenvalue weighted by Crippen LogP contribution is -2.12. The van der Waals surface area contributed by atoms with E-state index in [9.17, 15) is 4.79 Å².